The Labute approximate surface area is 97.9 Å². The van der Waals surface area contributed by atoms with Gasteiger partial charge < -0.3 is 5.73 Å². The van der Waals surface area contributed by atoms with Gasteiger partial charge in [-0.3, -0.25) is 14.8 Å². The quantitative estimate of drug-likeness (QED) is 0.285. The number of nitrogen functional groups attached to an aromatic ring is 1. The Morgan fingerprint density at radius 2 is 2.12 bits per heavy atom. The van der Waals surface area contributed by atoms with Gasteiger partial charge in [0.15, 0.2) is 5.16 Å². The number of nitrogens with one attached hydrogen (secondary N) is 1. The van der Waals surface area contributed by atoms with Crippen LogP contribution in [0.15, 0.2) is 5.16 Å². The minimum atomic E-state index is -0.215. The smallest absolute Gasteiger partial charge is 0.237 e. The number of aromatic nitrogens is 3. The average Bonchev–Trinajstić information content (AvgIpc) is 2.58. The number of hydrogen-bond donors (Lipinski definition) is 3. The molecule has 2 atom stereocenters. The fourth-order valence-corrected chi connectivity index (χ4v) is 2.04. The molecule has 0 radical (unpaired) electrons. The highest BCUT2D eigenvalue weighted by molar-refractivity contribution is 7.99. The van der Waals surface area contributed by atoms with Gasteiger partial charge in [-0.15, -0.1) is 10.2 Å². The number of nitrogens with zero attached hydrogens (tertiary/aromatic N) is 3. The topological polar surface area (TPSA) is 112 Å². The molecule has 0 saturated carbocycles. The molecular formula is C8H16N6OS. The van der Waals surface area contributed by atoms with Crippen LogP contribution in [0.1, 0.15) is 13.8 Å². The Hall–Kier alpha value is -1.28. The number of thioether (sulfide) groups is 1. The first-order valence-corrected chi connectivity index (χ1v) is 5.67. The van der Waals surface area contributed by atoms with E-state index in [-0.39, 0.29) is 17.1 Å². The molecule has 8 heteroatoms. The minimum Gasteiger partial charge on any atom is -0.368 e. The molecule has 0 aliphatic carbocycles. The van der Waals surface area contributed by atoms with Crippen molar-refractivity contribution in [1.29, 1.82) is 0 Å². The second kappa shape index (κ2) is 5.17. The summed E-state index contributed by atoms with van der Waals surface area (Å²) in [6, 6.07) is 0. The summed E-state index contributed by atoms with van der Waals surface area (Å²) < 4.78 is 1.67. The lowest BCUT2D eigenvalue weighted by atomic mass is 10.1. The van der Waals surface area contributed by atoms with Crippen LogP contribution in [0.2, 0.25) is 0 Å². The molecule has 0 saturated heterocycles. The van der Waals surface area contributed by atoms with Crippen LogP contribution in [0, 0.1) is 5.92 Å². The molecule has 2 unspecified atom stereocenters. The van der Waals surface area contributed by atoms with Gasteiger partial charge in [-0.1, -0.05) is 25.6 Å². The third kappa shape index (κ3) is 2.64. The predicted molar refractivity (Wildman–Crippen MR) is 62.2 cm³/mol. The van der Waals surface area contributed by atoms with Crippen LogP contribution < -0.4 is 17.0 Å². The molecule has 1 heterocycles. The van der Waals surface area contributed by atoms with E-state index in [0.717, 1.165) is 0 Å². The summed E-state index contributed by atoms with van der Waals surface area (Å²) >= 11 is 1.44. The molecule has 0 aliphatic heterocycles. The van der Waals surface area contributed by atoms with Crippen molar-refractivity contribution < 1.29 is 4.79 Å². The standard InChI is InChI=1S/C8H16N6OS/c1-4(6(15)11-10)5(2)16-8-13-12-7(9)14(8)3/h4-5H,10H2,1-3H3,(H2,9,12)(H,11,15). The highest BCUT2D eigenvalue weighted by atomic mass is 32.2. The molecule has 16 heavy (non-hydrogen) atoms. The number of carbonyl (C=O) groups is 1. The van der Waals surface area contributed by atoms with Crippen LogP contribution in [0.5, 0.6) is 0 Å². The summed E-state index contributed by atoms with van der Waals surface area (Å²) in [6.07, 6.45) is 0. The summed E-state index contributed by atoms with van der Waals surface area (Å²) in [7, 11) is 1.78. The monoisotopic (exact) mass is 244 g/mol. The zero-order valence-electron chi connectivity index (χ0n) is 9.47. The van der Waals surface area contributed by atoms with E-state index in [1.165, 1.54) is 11.8 Å². The number of nitrogens with two attached hydrogens (primary N) is 2. The lowest BCUT2D eigenvalue weighted by Crippen LogP contribution is -2.38. The van der Waals surface area contributed by atoms with Crippen molar-refractivity contribution in [3.63, 3.8) is 0 Å². The van der Waals surface area contributed by atoms with Crippen molar-refractivity contribution in [2.45, 2.75) is 24.3 Å². The molecule has 5 N–H and O–H groups in total. The van der Waals surface area contributed by atoms with Gasteiger partial charge in [-0.2, -0.15) is 0 Å². The Morgan fingerprint density at radius 3 is 2.56 bits per heavy atom. The summed E-state index contributed by atoms with van der Waals surface area (Å²) in [5.41, 5.74) is 7.69. The van der Waals surface area contributed by atoms with E-state index < -0.39 is 0 Å². The maximum Gasteiger partial charge on any atom is 0.237 e. The number of anilines is 1. The second-order valence-electron chi connectivity index (χ2n) is 3.52. The molecule has 0 spiro atoms. The van der Waals surface area contributed by atoms with Crippen LogP contribution in [0.4, 0.5) is 5.95 Å². The first-order valence-electron chi connectivity index (χ1n) is 4.79. The second-order valence-corrected chi connectivity index (χ2v) is 4.86. The Morgan fingerprint density at radius 1 is 1.50 bits per heavy atom. The highest BCUT2D eigenvalue weighted by Gasteiger charge is 2.22. The van der Waals surface area contributed by atoms with Gasteiger partial charge in [0, 0.05) is 18.2 Å². The zero-order chi connectivity index (χ0) is 12.3. The number of carbonyl (C=O) groups excluding carboxylic acids is 1. The Kier molecular flexibility index (Phi) is 4.13. The summed E-state index contributed by atoms with van der Waals surface area (Å²) in [6.45, 7) is 3.73. The van der Waals surface area contributed by atoms with Crippen LogP contribution in [-0.2, 0) is 11.8 Å². The SMILES string of the molecule is CC(Sc1nnc(N)n1C)C(C)C(=O)NN. The summed E-state index contributed by atoms with van der Waals surface area (Å²) in [5, 5.41) is 8.36. The van der Waals surface area contributed by atoms with Gasteiger partial charge in [-0.25, -0.2) is 5.84 Å². The molecule has 1 rings (SSSR count). The first-order chi connectivity index (χ1) is 7.47. The number of amides is 1. The molecule has 1 aromatic rings. The van der Waals surface area contributed by atoms with Crippen molar-refractivity contribution in [3.8, 4) is 0 Å². The molecule has 90 valence electrons. The van der Waals surface area contributed by atoms with E-state index >= 15 is 0 Å². The Bertz CT molecular complexity index is 379. The van der Waals surface area contributed by atoms with Gasteiger partial charge in [0.25, 0.3) is 0 Å². The normalized spacial score (nSPS) is 14.5. The molecule has 7 nitrogen and oxygen atoms in total. The third-order valence-corrected chi connectivity index (χ3v) is 3.77. The highest BCUT2D eigenvalue weighted by Crippen LogP contribution is 2.26. The van der Waals surface area contributed by atoms with Gasteiger partial charge in [-0.05, 0) is 0 Å². The van der Waals surface area contributed by atoms with Crippen LogP contribution in [0.3, 0.4) is 0 Å². The molecule has 1 aromatic heterocycles. The van der Waals surface area contributed by atoms with Crippen molar-refractivity contribution in [3.05, 3.63) is 0 Å². The Balaban J connectivity index is 2.67. The summed E-state index contributed by atoms with van der Waals surface area (Å²) in [5.74, 6) is 5.01. The maximum atomic E-state index is 11.3. The van der Waals surface area contributed by atoms with Crippen LogP contribution >= 0.6 is 11.8 Å². The number of rotatable bonds is 4. The number of hydrogen-bond acceptors (Lipinski definition) is 6. The molecular weight excluding hydrogens is 228 g/mol. The van der Waals surface area contributed by atoms with E-state index in [1.54, 1.807) is 18.5 Å². The minimum absolute atomic E-state index is 0.0332. The third-order valence-electron chi connectivity index (χ3n) is 2.42. The van der Waals surface area contributed by atoms with Gasteiger partial charge in [0.2, 0.25) is 11.9 Å². The first kappa shape index (κ1) is 12.8. The van der Waals surface area contributed by atoms with Gasteiger partial charge in [0.05, 0.1) is 0 Å². The fraction of sp³-hybridized carbons (Fsp3) is 0.625. The molecule has 1 amide bonds. The molecule has 0 aromatic carbocycles. The fourth-order valence-electron chi connectivity index (χ4n) is 1.04. The molecule has 0 bridgehead atoms. The van der Waals surface area contributed by atoms with Crippen molar-refractivity contribution in [2.75, 3.05) is 5.73 Å². The summed E-state index contributed by atoms with van der Waals surface area (Å²) in [4.78, 5) is 11.3. The van der Waals surface area contributed by atoms with E-state index in [9.17, 15) is 4.79 Å². The predicted octanol–water partition coefficient (Wildman–Crippen LogP) is -0.496. The van der Waals surface area contributed by atoms with Crippen molar-refractivity contribution >= 4 is 23.6 Å². The van der Waals surface area contributed by atoms with E-state index in [1.807, 2.05) is 6.92 Å². The lowest BCUT2D eigenvalue weighted by molar-refractivity contribution is -0.124. The van der Waals surface area contributed by atoms with E-state index in [2.05, 4.69) is 15.6 Å². The van der Waals surface area contributed by atoms with E-state index in [0.29, 0.717) is 11.1 Å². The maximum absolute atomic E-state index is 11.3. The lowest BCUT2D eigenvalue weighted by Gasteiger charge is -2.16. The zero-order valence-corrected chi connectivity index (χ0v) is 10.3. The largest absolute Gasteiger partial charge is 0.368 e. The van der Waals surface area contributed by atoms with Crippen molar-refractivity contribution in [2.24, 2.45) is 18.8 Å². The van der Waals surface area contributed by atoms with Crippen LogP contribution in [-0.4, -0.2) is 25.9 Å². The average molecular weight is 244 g/mol. The molecule has 0 fully saturated rings. The molecule has 0 aliphatic rings. The van der Waals surface area contributed by atoms with Gasteiger partial charge >= 0.3 is 0 Å². The number of hydrazine groups is 1. The van der Waals surface area contributed by atoms with E-state index in [4.69, 9.17) is 11.6 Å². The van der Waals surface area contributed by atoms with Crippen LogP contribution in [0.25, 0.3) is 0 Å². The van der Waals surface area contributed by atoms with Crippen molar-refractivity contribution in [1.82, 2.24) is 20.2 Å². The van der Waals surface area contributed by atoms with Gasteiger partial charge in [0.1, 0.15) is 0 Å².